The van der Waals surface area contributed by atoms with Crippen LogP contribution in [0.15, 0.2) is 49.0 Å². The fraction of sp³-hybridized carbons (Fsp3) is 0.167. The van der Waals surface area contributed by atoms with E-state index in [1.54, 1.807) is 26.0 Å². The standard InChI is InChI=1S/C18H17FN2O3/c1-11(2)18(22)20-17-9-8-13(21(23)24)10-15(17)12(3)14-6-4-5-7-16(14)19/h4-11H,3H2,1-2H3,(H,20,22). The Balaban J connectivity index is 2.54. The second kappa shape index (κ2) is 7.04. The zero-order chi connectivity index (χ0) is 17.9. The number of non-ortho nitro benzene ring substituents is 1. The molecule has 0 spiro atoms. The van der Waals surface area contributed by atoms with Gasteiger partial charge in [-0.1, -0.05) is 38.6 Å². The zero-order valence-corrected chi connectivity index (χ0v) is 13.4. The number of nitro groups is 1. The first-order valence-corrected chi connectivity index (χ1v) is 7.34. The molecule has 1 amide bonds. The summed E-state index contributed by atoms with van der Waals surface area (Å²) in [6, 6.07) is 10.0. The molecule has 124 valence electrons. The third kappa shape index (κ3) is 3.65. The van der Waals surface area contributed by atoms with Gasteiger partial charge in [0, 0.05) is 34.9 Å². The van der Waals surface area contributed by atoms with Crippen LogP contribution >= 0.6 is 0 Å². The number of anilines is 1. The summed E-state index contributed by atoms with van der Waals surface area (Å²) in [5.74, 6) is -1.00. The fourth-order valence-electron chi connectivity index (χ4n) is 2.13. The molecule has 0 aliphatic rings. The van der Waals surface area contributed by atoms with Crippen molar-refractivity contribution in [2.24, 2.45) is 5.92 Å². The number of hydrogen-bond acceptors (Lipinski definition) is 3. The van der Waals surface area contributed by atoms with Gasteiger partial charge in [0.1, 0.15) is 5.82 Å². The minimum absolute atomic E-state index is 0.162. The van der Waals surface area contributed by atoms with Crippen molar-refractivity contribution in [1.82, 2.24) is 0 Å². The predicted molar refractivity (Wildman–Crippen MR) is 91.1 cm³/mol. The van der Waals surface area contributed by atoms with E-state index >= 15 is 0 Å². The molecule has 1 N–H and O–H groups in total. The first kappa shape index (κ1) is 17.3. The van der Waals surface area contributed by atoms with Crippen LogP contribution < -0.4 is 5.32 Å². The Morgan fingerprint density at radius 2 is 1.88 bits per heavy atom. The van der Waals surface area contributed by atoms with E-state index in [-0.39, 0.29) is 28.6 Å². The van der Waals surface area contributed by atoms with Crippen LogP contribution in [0.4, 0.5) is 15.8 Å². The van der Waals surface area contributed by atoms with Crippen molar-refractivity contribution in [2.75, 3.05) is 5.32 Å². The molecular weight excluding hydrogens is 311 g/mol. The van der Waals surface area contributed by atoms with Crippen LogP contribution in [0.5, 0.6) is 0 Å². The molecule has 5 nitrogen and oxygen atoms in total. The van der Waals surface area contributed by atoms with E-state index in [1.807, 2.05) is 0 Å². The summed E-state index contributed by atoms with van der Waals surface area (Å²) in [4.78, 5) is 22.4. The second-order valence-electron chi connectivity index (χ2n) is 5.59. The number of nitrogens with one attached hydrogen (secondary N) is 1. The van der Waals surface area contributed by atoms with E-state index in [2.05, 4.69) is 11.9 Å². The zero-order valence-electron chi connectivity index (χ0n) is 13.4. The Kier molecular flexibility index (Phi) is 5.08. The maximum absolute atomic E-state index is 14.0. The van der Waals surface area contributed by atoms with Gasteiger partial charge in [0.2, 0.25) is 5.91 Å². The van der Waals surface area contributed by atoms with Gasteiger partial charge in [-0.05, 0) is 17.7 Å². The molecule has 2 aromatic rings. The Bertz CT molecular complexity index is 816. The van der Waals surface area contributed by atoms with E-state index in [9.17, 15) is 19.3 Å². The summed E-state index contributed by atoms with van der Waals surface area (Å²) in [6.45, 7) is 7.31. The number of carbonyl (C=O) groups excluding carboxylic acids is 1. The van der Waals surface area contributed by atoms with Crippen LogP contribution in [0, 0.1) is 21.8 Å². The molecule has 0 bridgehead atoms. The minimum Gasteiger partial charge on any atom is -0.325 e. The summed E-state index contributed by atoms with van der Waals surface area (Å²) in [5, 5.41) is 13.7. The molecule has 24 heavy (non-hydrogen) atoms. The molecule has 0 aliphatic heterocycles. The Labute approximate surface area is 139 Å². The minimum atomic E-state index is -0.549. The van der Waals surface area contributed by atoms with E-state index in [0.717, 1.165) is 0 Å². The number of amides is 1. The molecule has 0 aromatic heterocycles. The van der Waals surface area contributed by atoms with Crippen LogP contribution in [0.3, 0.4) is 0 Å². The smallest absolute Gasteiger partial charge is 0.270 e. The Hall–Kier alpha value is -3.02. The van der Waals surface area contributed by atoms with Gasteiger partial charge in [-0.15, -0.1) is 0 Å². The van der Waals surface area contributed by atoms with Crippen LogP contribution in [-0.4, -0.2) is 10.8 Å². The van der Waals surface area contributed by atoms with Crippen molar-refractivity contribution in [1.29, 1.82) is 0 Å². The lowest BCUT2D eigenvalue weighted by Gasteiger charge is -2.15. The number of benzene rings is 2. The van der Waals surface area contributed by atoms with Crippen LogP contribution in [0.1, 0.15) is 25.0 Å². The molecule has 0 aliphatic carbocycles. The lowest BCUT2D eigenvalue weighted by atomic mass is 9.96. The molecular formula is C18H17FN2O3. The monoisotopic (exact) mass is 328 g/mol. The molecule has 0 atom stereocenters. The highest BCUT2D eigenvalue weighted by Gasteiger charge is 2.18. The largest absolute Gasteiger partial charge is 0.325 e. The van der Waals surface area contributed by atoms with Crippen molar-refractivity contribution < 1.29 is 14.1 Å². The maximum atomic E-state index is 14.0. The fourth-order valence-corrected chi connectivity index (χ4v) is 2.13. The van der Waals surface area contributed by atoms with Crippen molar-refractivity contribution in [2.45, 2.75) is 13.8 Å². The first-order valence-electron chi connectivity index (χ1n) is 7.34. The lowest BCUT2D eigenvalue weighted by Crippen LogP contribution is -2.18. The van der Waals surface area contributed by atoms with Crippen LogP contribution in [-0.2, 0) is 4.79 Å². The third-order valence-corrected chi connectivity index (χ3v) is 3.52. The molecule has 6 heteroatoms. The topological polar surface area (TPSA) is 72.2 Å². The van der Waals surface area contributed by atoms with Gasteiger partial charge >= 0.3 is 0 Å². The average Bonchev–Trinajstić information content (AvgIpc) is 2.54. The second-order valence-corrected chi connectivity index (χ2v) is 5.59. The highest BCUT2D eigenvalue weighted by atomic mass is 19.1. The van der Waals surface area contributed by atoms with Gasteiger partial charge in [0.15, 0.2) is 0 Å². The highest BCUT2D eigenvalue weighted by Crippen LogP contribution is 2.32. The summed E-state index contributed by atoms with van der Waals surface area (Å²) in [5.41, 5.74) is 0.981. The molecule has 0 heterocycles. The molecule has 0 saturated heterocycles. The Morgan fingerprint density at radius 1 is 1.21 bits per heavy atom. The number of rotatable bonds is 5. The Morgan fingerprint density at radius 3 is 2.46 bits per heavy atom. The van der Waals surface area contributed by atoms with Gasteiger partial charge in [-0.25, -0.2) is 4.39 Å². The summed E-state index contributed by atoms with van der Waals surface area (Å²) >= 11 is 0. The van der Waals surface area contributed by atoms with E-state index in [4.69, 9.17) is 0 Å². The molecule has 0 unspecified atom stereocenters. The molecule has 2 aromatic carbocycles. The van der Waals surface area contributed by atoms with Crippen LogP contribution in [0.2, 0.25) is 0 Å². The normalized spacial score (nSPS) is 10.5. The number of nitrogens with zero attached hydrogens (tertiary/aromatic N) is 1. The molecule has 0 radical (unpaired) electrons. The maximum Gasteiger partial charge on any atom is 0.270 e. The van der Waals surface area contributed by atoms with Gasteiger partial charge in [0.25, 0.3) is 5.69 Å². The highest BCUT2D eigenvalue weighted by molar-refractivity contribution is 5.97. The van der Waals surface area contributed by atoms with Crippen molar-refractivity contribution in [3.63, 3.8) is 0 Å². The third-order valence-electron chi connectivity index (χ3n) is 3.52. The number of hydrogen-bond donors (Lipinski definition) is 1. The van der Waals surface area contributed by atoms with Crippen molar-refractivity contribution >= 4 is 22.9 Å². The number of nitro benzene ring substituents is 1. The summed E-state index contributed by atoms with van der Waals surface area (Å²) in [7, 11) is 0. The van der Waals surface area contributed by atoms with Gasteiger partial charge in [-0.2, -0.15) is 0 Å². The van der Waals surface area contributed by atoms with E-state index in [0.29, 0.717) is 11.3 Å². The summed E-state index contributed by atoms with van der Waals surface area (Å²) < 4.78 is 14.0. The number of halogens is 1. The molecule has 0 saturated carbocycles. The SMILES string of the molecule is C=C(c1ccccc1F)c1cc([N+](=O)[O-])ccc1NC(=O)C(C)C. The quantitative estimate of drug-likeness (QED) is 0.653. The van der Waals surface area contributed by atoms with E-state index < -0.39 is 10.7 Å². The van der Waals surface area contributed by atoms with Crippen molar-refractivity contribution in [3.8, 4) is 0 Å². The first-order chi connectivity index (χ1) is 11.3. The number of carbonyl (C=O) groups is 1. The molecule has 0 fully saturated rings. The van der Waals surface area contributed by atoms with E-state index in [1.165, 1.54) is 30.3 Å². The van der Waals surface area contributed by atoms with Gasteiger partial charge in [-0.3, -0.25) is 14.9 Å². The average molecular weight is 328 g/mol. The van der Waals surface area contributed by atoms with Crippen LogP contribution in [0.25, 0.3) is 5.57 Å². The lowest BCUT2D eigenvalue weighted by molar-refractivity contribution is -0.384. The predicted octanol–water partition coefficient (Wildman–Crippen LogP) is 4.39. The molecule has 2 rings (SSSR count). The van der Waals surface area contributed by atoms with Gasteiger partial charge < -0.3 is 5.32 Å². The van der Waals surface area contributed by atoms with Gasteiger partial charge in [0.05, 0.1) is 4.92 Å². The summed E-state index contributed by atoms with van der Waals surface area (Å²) in [6.07, 6.45) is 0. The van der Waals surface area contributed by atoms with Crippen molar-refractivity contribution in [3.05, 3.63) is 76.1 Å².